The van der Waals surface area contributed by atoms with E-state index in [4.69, 9.17) is 9.83 Å². The van der Waals surface area contributed by atoms with E-state index in [1.807, 2.05) is 0 Å². The number of thioether (sulfide) groups is 1. The van der Waals surface area contributed by atoms with Crippen LogP contribution in [0.1, 0.15) is 5.56 Å². The molecule has 0 aliphatic carbocycles. The smallest absolute Gasteiger partial charge is 0.283 e. The van der Waals surface area contributed by atoms with Crippen LogP contribution in [0.25, 0.3) is 17.0 Å². The largest absolute Gasteiger partial charge is 0.508 e. The number of phenolic OH excluding ortho intramolecular Hbond substituents is 1. The first-order valence-corrected chi connectivity index (χ1v) is 7.73. The van der Waals surface area contributed by atoms with E-state index in [1.54, 1.807) is 11.6 Å². The van der Waals surface area contributed by atoms with E-state index < -0.39 is 5.91 Å². The van der Waals surface area contributed by atoms with Crippen LogP contribution in [0.5, 0.6) is 5.75 Å². The number of benzene rings is 1. The van der Waals surface area contributed by atoms with Gasteiger partial charge in [-0.05, 0) is 23.6 Å². The van der Waals surface area contributed by atoms with Gasteiger partial charge in [-0.25, -0.2) is 0 Å². The average Bonchev–Trinajstić information content (AvgIpc) is 3.01. The Morgan fingerprint density at radius 2 is 2.17 bits per heavy atom. The fraction of sp³-hybridized carbons (Fsp3) is 0. The van der Waals surface area contributed by atoms with Crippen LogP contribution in [0.2, 0.25) is 0 Å². The molecule has 2 N–H and O–H groups in total. The number of amides is 1. The van der Waals surface area contributed by atoms with E-state index in [0.717, 1.165) is 0 Å². The Morgan fingerprint density at radius 3 is 3.00 bits per heavy atom. The SMILES string of the molecule is N=C1C(=Cc2coc3cc(O)ccc3c2=O)C(=O)N=C2SC=CN12. The Kier molecular flexibility index (Phi) is 3.14. The van der Waals surface area contributed by atoms with Gasteiger partial charge in [-0.15, -0.1) is 0 Å². The second kappa shape index (κ2) is 5.20. The van der Waals surface area contributed by atoms with Crippen molar-refractivity contribution in [3.05, 3.63) is 57.4 Å². The Labute approximate surface area is 139 Å². The molecule has 118 valence electrons. The summed E-state index contributed by atoms with van der Waals surface area (Å²) in [5, 5.41) is 20.0. The van der Waals surface area contributed by atoms with Crippen LogP contribution in [-0.2, 0) is 4.79 Å². The van der Waals surface area contributed by atoms with Crippen LogP contribution in [-0.4, -0.2) is 26.9 Å². The number of fused-ring (bicyclic) bond motifs is 2. The average molecular weight is 339 g/mol. The Hall–Kier alpha value is -3.13. The van der Waals surface area contributed by atoms with Gasteiger partial charge in [0.2, 0.25) is 0 Å². The number of hydrogen-bond acceptors (Lipinski definition) is 6. The van der Waals surface area contributed by atoms with Crippen molar-refractivity contribution in [3.8, 4) is 5.75 Å². The first kappa shape index (κ1) is 14.5. The number of rotatable bonds is 1. The molecule has 0 saturated heterocycles. The van der Waals surface area contributed by atoms with Crippen LogP contribution in [0.4, 0.5) is 0 Å². The lowest BCUT2D eigenvalue weighted by molar-refractivity contribution is -0.114. The van der Waals surface area contributed by atoms with Crippen LogP contribution >= 0.6 is 11.8 Å². The minimum atomic E-state index is -0.576. The zero-order chi connectivity index (χ0) is 16.8. The molecule has 0 fully saturated rings. The van der Waals surface area contributed by atoms with Gasteiger partial charge in [-0.2, -0.15) is 4.99 Å². The predicted octanol–water partition coefficient (Wildman–Crippen LogP) is 2.28. The predicted molar refractivity (Wildman–Crippen MR) is 90.9 cm³/mol. The molecule has 0 spiro atoms. The van der Waals surface area contributed by atoms with Crippen LogP contribution < -0.4 is 5.43 Å². The van der Waals surface area contributed by atoms with Gasteiger partial charge in [0.05, 0.1) is 16.5 Å². The molecule has 3 heterocycles. The van der Waals surface area contributed by atoms with E-state index in [-0.39, 0.29) is 39.1 Å². The first-order valence-electron chi connectivity index (χ1n) is 6.85. The molecule has 2 aromatic rings. The van der Waals surface area contributed by atoms with E-state index in [0.29, 0.717) is 5.17 Å². The van der Waals surface area contributed by atoms with Crippen LogP contribution in [0.15, 0.2) is 55.8 Å². The fourth-order valence-electron chi connectivity index (χ4n) is 2.42. The Morgan fingerprint density at radius 1 is 1.33 bits per heavy atom. The van der Waals surface area contributed by atoms with Crippen molar-refractivity contribution in [1.82, 2.24) is 4.90 Å². The number of phenols is 1. The number of carbonyl (C=O) groups is 1. The Balaban J connectivity index is 1.85. The zero-order valence-corrected chi connectivity index (χ0v) is 12.8. The number of aliphatic imine (C=N–C) groups is 1. The van der Waals surface area contributed by atoms with Crippen LogP contribution in [0.3, 0.4) is 0 Å². The molecule has 0 bridgehead atoms. The normalized spacial score (nSPS) is 18.4. The maximum atomic E-state index is 12.5. The summed E-state index contributed by atoms with van der Waals surface area (Å²) in [4.78, 5) is 30.0. The van der Waals surface area contributed by atoms with Gasteiger partial charge in [0.25, 0.3) is 5.91 Å². The Bertz CT molecular complexity index is 1060. The third-order valence-electron chi connectivity index (χ3n) is 3.60. The molecule has 1 aromatic heterocycles. The second-order valence-corrected chi connectivity index (χ2v) is 5.95. The maximum Gasteiger partial charge on any atom is 0.283 e. The van der Waals surface area contributed by atoms with Gasteiger partial charge in [0, 0.05) is 12.3 Å². The van der Waals surface area contributed by atoms with Gasteiger partial charge in [0.15, 0.2) is 10.6 Å². The standard InChI is InChI=1S/C16H9N3O4S/c17-14-11(15(22)18-16-19(14)3-4-24-16)5-8-7-23-12-6-9(20)1-2-10(12)13(8)21/h1-7,17,20H. The highest BCUT2D eigenvalue weighted by Gasteiger charge is 2.31. The summed E-state index contributed by atoms with van der Waals surface area (Å²) in [6.07, 6.45) is 4.14. The first-order chi connectivity index (χ1) is 11.5. The van der Waals surface area contributed by atoms with Crippen molar-refractivity contribution < 1.29 is 14.3 Å². The number of aromatic hydroxyl groups is 1. The highest BCUT2D eigenvalue weighted by Crippen LogP contribution is 2.27. The third-order valence-corrected chi connectivity index (χ3v) is 4.35. The van der Waals surface area contributed by atoms with Crippen molar-refractivity contribution in [2.75, 3.05) is 0 Å². The second-order valence-electron chi connectivity index (χ2n) is 5.08. The summed E-state index contributed by atoms with van der Waals surface area (Å²) in [5.41, 5.74) is 0.0314. The third kappa shape index (κ3) is 2.16. The zero-order valence-electron chi connectivity index (χ0n) is 12.0. The number of nitrogens with zero attached hydrogens (tertiary/aromatic N) is 2. The number of amidine groups is 2. The van der Waals surface area contributed by atoms with E-state index >= 15 is 0 Å². The van der Waals surface area contributed by atoms with E-state index in [9.17, 15) is 14.7 Å². The molecule has 1 aromatic carbocycles. The molecule has 0 atom stereocenters. The van der Waals surface area contributed by atoms with Gasteiger partial charge in [0.1, 0.15) is 23.4 Å². The van der Waals surface area contributed by atoms with Gasteiger partial charge >= 0.3 is 0 Å². The summed E-state index contributed by atoms with van der Waals surface area (Å²) >= 11 is 1.25. The topological polar surface area (TPSA) is 107 Å². The molecule has 4 rings (SSSR count). The fourth-order valence-corrected chi connectivity index (χ4v) is 3.12. The van der Waals surface area contributed by atoms with Gasteiger partial charge in [-0.1, -0.05) is 11.8 Å². The van der Waals surface area contributed by atoms with Gasteiger partial charge in [-0.3, -0.25) is 19.9 Å². The monoisotopic (exact) mass is 339 g/mol. The lowest BCUT2D eigenvalue weighted by atomic mass is 10.1. The summed E-state index contributed by atoms with van der Waals surface area (Å²) in [6.45, 7) is 0. The minimum Gasteiger partial charge on any atom is -0.508 e. The highest BCUT2D eigenvalue weighted by atomic mass is 32.2. The molecule has 8 heteroatoms. The van der Waals surface area contributed by atoms with E-state index in [2.05, 4.69) is 4.99 Å². The molecule has 1 amide bonds. The van der Waals surface area contributed by atoms with Crippen LogP contribution in [0, 0.1) is 5.41 Å². The molecule has 24 heavy (non-hydrogen) atoms. The molecule has 2 aliphatic rings. The van der Waals surface area contributed by atoms with Gasteiger partial charge < -0.3 is 9.52 Å². The summed E-state index contributed by atoms with van der Waals surface area (Å²) in [6, 6.07) is 4.17. The summed E-state index contributed by atoms with van der Waals surface area (Å²) in [5.74, 6) is -0.634. The maximum absolute atomic E-state index is 12.5. The quantitative estimate of drug-likeness (QED) is 0.772. The van der Waals surface area contributed by atoms with Crippen molar-refractivity contribution in [2.24, 2.45) is 4.99 Å². The number of carbonyl (C=O) groups excluding carboxylic acids is 1. The highest BCUT2D eigenvalue weighted by molar-refractivity contribution is 8.16. The molecule has 0 radical (unpaired) electrons. The van der Waals surface area contributed by atoms with Crippen molar-refractivity contribution in [2.45, 2.75) is 0 Å². The van der Waals surface area contributed by atoms with E-state index in [1.165, 1.54) is 47.2 Å². The van der Waals surface area contributed by atoms with Crippen molar-refractivity contribution in [1.29, 1.82) is 5.41 Å². The summed E-state index contributed by atoms with van der Waals surface area (Å²) in [7, 11) is 0. The number of hydrogen-bond donors (Lipinski definition) is 2. The molecule has 7 nitrogen and oxygen atoms in total. The molecule has 0 unspecified atom stereocenters. The molecule has 0 saturated carbocycles. The molecular formula is C16H9N3O4S. The molecule has 2 aliphatic heterocycles. The molecular weight excluding hydrogens is 330 g/mol. The van der Waals surface area contributed by atoms with Crippen molar-refractivity contribution in [3.63, 3.8) is 0 Å². The number of nitrogens with one attached hydrogen (secondary N) is 1. The lowest BCUT2D eigenvalue weighted by Crippen LogP contribution is -2.35. The minimum absolute atomic E-state index is 0.0105. The summed E-state index contributed by atoms with van der Waals surface area (Å²) < 4.78 is 5.35. The lowest BCUT2D eigenvalue weighted by Gasteiger charge is -2.22. The van der Waals surface area contributed by atoms with Crippen molar-refractivity contribution >= 4 is 45.7 Å².